The summed E-state index contributed by atoms with van der Waals surface area (Å²) in [5, 5.41) is 3.24. The number of rotatable bonds is 4. The molecule has 1 aliphatic heterocycles. The third kappa shape index (κ3) is 4.73. The van der Waals surface area contributed by atoms with Crippen LogP contribution in [0.3, 0.4) is 0 Å². The van der Waals surface area contributed by atoms with E-state index in [2.05, 4.69) is 5.32 Å². The Bertz CT molecular complexity index is 790. The predicted molar refractivity (Wildman–Crippen MR) is 94.3 cm³/mol. The van der Waals surface area contributed by atoms with Gasteiger partial charge in [-0.3, -0.25) is 4.79 Å². The van der Waals surface area contributed by atoms with E-state index in [4.69, 9.17) is 21.1 Å². The Hall–Kier alpha value is -2.53. The van der Waals surface area contributed by atoms with Crippen LogP contribution < -0.4 is 14.8 Å². The number of amides is 1. The molecule has 1 aliphatic rings. The van der Waals surface area contributed by atoms with Crippen molar-refractivity contribution in [3.8, 4) is 11.5 Å². The van der Waals surface area contributed by atoms with Crippen LogP contribution in [-0.2, 0) is 11.3 Å². The quantitative estimate of drug-likeness (QED) is 0.838. The number of benzene rings is 2. The molecule has 0 aliphatic carbocycles. The second-order valence-electron chi connectivity index (χ2n) is 5.56. The normalized spacial score (nSPS) is 13.5. The molecule has 0 radical (unpaired) electrons. The summed E-state index contributed by atoms with van der Waals surface area (Å²) < 4.78 is 24.0. The molecule has 0 aromatic heterocycles. The second-order valence-corrected chi connectivity index (χ2v) is 5.97. The van der Waals surface area contributed by atoms with Crippen molar-refractivity contribution in [2.75, 3.05) is 13.2 Å². The van der Waals surface area contributed by atoms with Crippen LogP contribution >= 0.6 is 11.6 Å². The molecular weight excluding hydrogens is 345 g/mol. The first-order chi connectivity index (χ1) is 12.1. The van der Waals surface area contributed by atoms with Crippen LogP contribution in [0.1, 0.15) is 17.5 Å². The third-order valence-electron chi connectivity index (χ3n) is 3.63. The zero-order valence-electron chi connectivity index (χ0n) is 13.4. The highest BCUT2D eigenvalue weighted by Crippen LogP contribution is 2.37. The summed E-state index contributed by atoms with van der Waals surface area (Å²) in [5.74, 6) is 0.571. The van der Waals surface area contributed by atoms with Gasteiger partial charge in [0, 0.05) is 19.0 Å². The van der Waals surface area contributed by atoms with E-state index in [0.29, 0.717) is 36.3 Å². The number of nitrogens with one attached hydrogen (secondary N) is 1. The van der Waals surface area contributed by atoms with E-state index >= 15 is 0 Å². The van der Waals surface area contributed by atoms with Crippen LogP contribution in [0, 0.1) is 5.82 Å². The lowest BCUT2D eigenvalue weighted by molar-refractivity contribution is -0.116. The van der Waals surface area contributed by atoms with Crippen molar-refractivity contribution < 1.29 is 18.7 Å². The van der Waals surface area contributed by atoms with Crippen molar-refractivity contribution in [3.05, 3.63) is 64.4 Å². The van der Waals surface area contributed by atoms with Crippen molar-refractivity contribution in [3.63, 3.8) is 0 Å². The van der Waals surface area contributed by atoms with Gasteiger partial charge in [-0.2, -0.15) is 0 Å². The fraction of sp³-hybridized carbons (Fsp3) is 0.211. The van der Waals surface area contributed by atoms with Crippen LogP contribution in [-0.4, -0.2) is 19.1 Å². The molecule has 1 heterocycles. The predicted octanol–water partition coefficient (Wildman–Crippen LogP) is 3.97. The molecule has 4 nitrogen and oxygen atoms in total. The van der Waals surface area contributed by atoms with Crippen molar-refractivity contribution in [2.45, 2.75) is 13.0 Å². The Balaban J connectivity index is 1.61. The molecule has 0 bridgehead atoms. The Morgan fingerprint density at radius 2 is 1.96 bits per heavy atom. The van der Waals surface area contributed by atoms with Gasteiger partial charge in [-0.15, -0.1) is 0 Å². The number of hydrogen-bond acceptors (Lipinski definition) is 3. The first-order valence-corrected chi connectivity index (χ1v) is 8.29. The summed E-state index contributed by atoms with van der Waals surface area (Å²) in [6, 6.07) is 9.45. The molecule has 3 rings (SSSR count). The summed E-state index contributed by atoms with van der Waals surface area (Å²) in [4.78, 5) is 11.9. The smallest absolute Gasteiger partial charge is 0.244 e. The van der Waals surface area contributed by atoms with Gasteiger partial charge >= 0.3 is 0 Å². The van der Waals surface area contributed by atoms with Gasteiger partial charge in [-0.1, -0.05) is 23.7 Å². The van der Waals surface area contributed by atoms with E-state index in [1.165, 1.54) is 18.2 Å². The van der Waals surface area contributed by atoms with Gasteiger partial charge in [0.15, 0.2) is 11.5 Å². The molecule has 25 heavy (non-hydrogen) atoms. The number of carbonyl (C=O) groups excluding carboxylic acids is 1. The third-order valence-corrected chi connectivity index (χ3v) is 3.91. The molecule has 0 atom stereocenters. The summed E-state index contributed by atoms with van der Waals surface area (Å²) in [7, 11) is 0. The van der Waals surface area contributed by atoms with E-state index in [1.807, 2.05) is 6.07 Å². The van der Waals surface area contributed by atoms with E-state index in [9.17, 15) is 9.18 Å². The molecule has 1 N–H and O–H groups in total. The van der Waals surface area contributed by atoms with Crippen LogP contribution in [0.15, 0.2) is 42.5 Å². The first-order valence-electron chi connectivity index (χ1n) is 7.91. The Labute approximate surface area is 150 Å². The van der Waals surface area contributed by atoms with Crippen LogP contribution in [0.25, 0.3) is 6.08 Å². The number of carbonyl (C=O) groups is 1. The average Bonchev–Trinajstić information content (AvgIpc) is 2.85. The molecular formula is C19H17ClFNO3. The maximum absolute atomic E-state index is 12.8. The molecule has 2 aromatic carbocycles. The van der Waals surface area contributed by atoms with Crippen LogP contribution in [0.4, 0.5) is 4.39 Å². The summed E-state index contributed by atoms with van der Waals surface area (Å²) in [5.41, 5.74) is 1.56. The van der Waals surface area contributed by atoms with Gasteiger partial charge in [0.2, 0.25) is 5.91 Å². The molecule has 1 amide bonds. The standard InChI is InChI=1S/C19H17ClFNO3/c20-16-10-14(11-17-19(16)25-9-1-8-24-17)12-22-18(23)7-4-13-2-5-15(21)6-3-13/h2-7,10-11H,1,8-9,12H2,(H,22,23)/b7-4+. The second kappa shape index (κ2) is 8.03. The van der Waals surface area contributed by atoms with Crippen molar-refractivity contribution >= 4 is 23.6 Å². The lowest BCUT2D eigenvalue weighted by atomic mass is 10.2. The summed E-state index contributed by atoms with van der Waals surface area (Å²) >= 11 is 6.23. The highest BCUT2D eigenvalue weighted by atomic mass is 35.5. The van der Waals surface area contributed by atoms with Crippen LogP contribution in [0.2, 0.25) is 5.02 Å². The maximum Gasteiger partial charge on any atom is 0.244 e. The first kappa shape index (κ1) is 17.3. The summed E-state index contributed by atoms with van der Waals surface area (Å²) in [6.07, 6.45) is 3.82. The van der Waals surface area contributed by atoms with Gasteiger partial charge in [0.1, 0.15) is 5.82 Å². The molecule has 0 spiro atoms. The topological polar surface area (TPSA) is 47.6 Å². The highest BCUT2D eigenvalue weighted by molar-refractivity contribution is 6.32. The van der Waals surface area contributed by atoms with Crippen LogP contribution in [0.5, 0.6) is 11.5 Å². The molecule has 0 unspecified atom stereocenters. The van der Waals surface area contributed by atoms with E-state index in [1.54, 1.807) is 24.3 Å². The van der Waals surface area contributed by atoms with Gasteiger partial charge < -0.3 is 14.8 Å². The largest absolute Gasteiger partial charge is 0.489 e. The van der Waals surface area contributed by atoms with Crippen molar-refractivity contribution in [1.82, 2.24) is 5.32 Å². The maximum atomic E-state index is 12.8. The number of halogens is 2. The zero-order valence-corrected chi connectivity index (χ0v) is 14.2. The zero-order chi connectivity index (χ0) is 17.6. The minimum atomic E-state index is -0.312. The highest BCUT2D eigenvalue weighted by Gasteiger charge is 2.15. The van der Waals surface area contributed by atoms with E-state index in [0.717, 1.165) is 17.5 Å². The fourth-order valence-corrected chi connectivity index (χ4v) is 2.67. The summed E-state index contributed by atoms with van der Waals surface area (Å²) in [6.45, 7) is 1.44. The minimum Gasteiger partial charge on any atom is -0.489 e. The van der Waals surface area contributed by atoms with Gasteiger partial charge in [0.05, 0.1) is 18.2 Å². The van der Waals surface area contributed by atoms with Gasteiger partial charge in [0.25, 0.3) is 0 Å². The molecule has 2 aromatic rings. The molecule has 130 valence electrons. The Kier molecular flexibility index (Phi) is 5.56. The lowest BCUT2D eigenvalue weighted by Gasteiger charge is -2.11. The number of hydrogen-bond donors (Lipinski definition) is 1. The fourth-order valence-electron chi connectivity index (χ4n) is 2.38. The number of fused-ring (bicyclic) bond motifs is 1. The monoisotopic (exact) mass is 361 g/mol. The lowest BCUT2D eigenvalue weighted by Crippen LogP contribution is -2.20. The van der Waals surface area contributed by atoms with Crippen molar-refractivity contribution in [2.24, 2.45) is 0 Å². The Morgan fingerprint density at radius 1 is 1.20 bits per heavy atom. The average molecular weight is 362 g/mol. The number of ether oxygens (including phenoxy) is 2. The van der Waals surface area contributed by atoms with Crippen molar-refractivity contribution in [1.29, 1.82) is 0 Å². The Morgan fingerprint density at radius 3 is 2.76 bits per heavy atom. The molecule has 0 fully saturated rings. The molecule has 6 heteroatoms. The van der Waals surface area contributed by atoms with E-state index < -0.39 is 0 Å². The van der Waals surface area contributed by atoms with Gasteiger partial charge in [-0.05, 0) is 41.5 Å². The molecule has 0 saturated heterocycles. The minimum absolute atomic E-state index is 0.257. The van der Waals surface area contributed by atoms with E-state index in [-0.39, 0.29) is 11.7 Å². The SMILES string of the molecule is O=C(/C=C/c1ccc(F)cc1)NCc1cc(Cl)c2c(c1)OCCCO2. The van der Waals surface area contributed by atoms with Gasteiger partial charge in [-0.25, -0.2) is 4.39 Å². The molecule has 0 saturated carbocycles.